The van der Waals surface area contributed by atoms with Crippen molar-refractivity contribution >= 4 is 35.1 Å². The zero-order valence-corrected chi connectivity index (χ0v) is 13.9. The van der Waals surface area contributed by atoms with Gasteiger partial charge in [0.15, 0.2) is 12.4 Å². The standard InChI is InChI=1S/C18H14FNO4S/c19-13-3-1-2-4-16(13)25-10-18(23)24-9-15(21)11-5-6-14-12(7-11)8-17(22)20-14/h1-7H,8-10H2,(H,20,22). The quantitative estimate of drug-likeness (QED) is 0.488. The summed E-state index contributed by atoms with van der Waals surface area (Å²) in [5, 5.41) is 2.68. The smallest absolute Gasteiger partial charge is 0.316 e. The Labute approximate surface area is 147 Å². The van der Waals surface area contributed by atoms with Gasteiger partial charge in [0, 0.05) is 16.1 Å². The molecule has 0 saturated heterocycles. The number of halogens is 1. The van der Waals surface area contributed by atoms with Gasteiger partial charge in [0.25, 0.3) is 0 Å². The van der Waals surface area contributed by atoms with Crippen LogP contribution in [0.15, 0.2) is 47.4 Å². The number of rotatable bonds is 6. The van der Waals surface area contributed by atoms with Gasteiger partial charge in [0.05, 0.1) is 12.2 Å². The van der Waals surface area contributed by atoms with Gasteiger partial charge in [-0.05, 0) is 35.9 Å². The fourth-order valence-electron chi connectivity index (χ4n) is 2.37. The van der Waals surface area contributed by atoms with Crippen LogP contribution in [0.3, 0.4) is 0 Å². The highest BCUT2D eigenvalue weighted by atomic mass is 32.2. The second kappa shape index (κ2) is 7.48. The van der Waals surface area contributed by atoms with Crippen molar-refractivity contribution in [3.05, 3.63) is 59.4 Å². The summed E-state index contributed by atoms with van der Waals surface area (Å²) >= 11 is 1.01. The first-order chi connectivity index (χ1) is 12.0. The highest BCUT2D eigenvalue weighted by molar-refractivity contribution is 8.00. The summed E-state index contributed by atoms with van der Waals surface area (Å²) in [6.45, 7) is -0.392. The number of fused-ring (bicyclic) bond motifs is 1. The first-order valence-electron chi connectivity index (χ1n) is 7.52. The number of Topliss-reactive ketones (excluding diaryl/α,β-unsaturated/α-hetero) is 1. The maximum atomic E-state index is 13.5. The molecule has 0 atom stereocenters. The van der Waals surface area contributed by atoms with Gasteiger partial charge < -0.3 is 10.1 Å². The van der Waals surface area contributed by atoms with Crippen molar-refractivity contribution in [3.63, 3.8) is 0 Å². The Morgan fingerprint density at radius 1 is 1.20 bits per heavy atom. The summed E-state index contributed by atoms with van der Waals surface area (Å²) in [5.74, 6) is -1.56. The average molecular weight is 359 g/mol. The van der Waals surface area contributed by atoms with E-state index in [1.54, 1.807) is 36.4 Å². The molecule has 3 rings (SSSR count). The molecule has 25 heavy (non-hydrogen) atoms. The largest absolute Gasteiger partial charge is 0.457 e. The van der Waals surface area contributed by atoms with Crippen LogP contribution >= 0.6 is 11.8 Å². The van der Waals surface area contributed by atoms with Crippen molar-refractivity contribution < 1.29 is 23.5 Å². The van der Waals surface area contributed by atoms with E-state index in [9.17, 15) is 18.8 Å². The van der Waals surface area contributed by atoms with Crippen LogP contribution in [0.4, 0.5) is 10.1 Å². The van der Waals surface area contributed by atoms with Crippen molar-refractivity contribution in [2.45, 2.75) is 11.3 Å². The van der Waals surface area contributed by atoms with Gasteiger partial charge in [0.2, 0.25) is 5.91 Å². The van der Waals surface area contributed by atoms with E-state index in [1.165, 1.54) is 6.07 Å². The van der Waals surface area contributed by atoms with E-state index >= 15 is 0 Å². The number of ether oxygens (including phenoxy) is 1. The number of carbonyl (C=O) groups is 3. The molecule has 7 heteroatoms. The summed E-state index contributed by atoms with van der Waals surface area (Å²) in [6, 6.07) is 11.0. The normalized spacial score (nSPS) is 12.4. The summed E-state index contributed by atoms with van der Waals surface area (Å²) in [7, 11) is 0. The Hall–Kier alpha value is -2.67. The van der Waals surface area contributed by atoms with Crippen LogP contribution in [-0.4, -0.2) is 30.0 Å². The SMILES string of the molecule is O=C1Cc2cc(C(=O)COC(=O)CSc3ccccc3F)ccc2N1. The second-order valence-corrected chi connectivity index (χ2v) is 6.42. The lowest BCUT2D eigenvalue weighted by Crippen LogP contribution is -2.15. The molecule has 1 N–H and O–H groups in total. The van der Waals surface area contributed by atoms with Crippen LogP contribution in [0.25, 0.3) is 0 Å². The zero-order chi connectivity index (χ0) is 17.8. The maximum Gasteiger partial charge on any atom is 0.316 e. The molecule has 1 amide bonds. The van der Waals surface area contributed by atoms with E-state index in [0.717, 1.165) is 17.3 Å². The van der Waals surface area contributed by atoms with Crippen LogP contribution in [0.5, 0.6) is 0 Å². The van der Waals surface area contributed by atoms with E-state index in [2.05, 4.69) is 5.32 Å². The third-order valence-corrected chi connectivity index (χ3v) is 4.62. The van der Waals surface area contributed by atoms with Gasteiger partial charge in [0.1, 0.15) is 5.82 Å². The second-order valence-electron chi connectivity index (χ2n) is 5.40. The minimum Gasteiger partial charge on any atom is -0.457 e. The lowest BCUT2D eigenvalue weighted by atomic mass is 10.1. The molecule has 0 fully saturated rings. The van der Waals surface area contributed by atoms with Crippen molar-refractivity contribution in [1.29, 1.82) is 0 Å². The molecule has 0 aliphatic carbocycles. The number of amides is 1. The Morgan fingerprint density at radius 3 is 2.80 bits per heavy atom. The molecule has 1 heterocycles. The molecule has 2 aromatic rings. The Bertz CT molecular complexity index is 853. The minimum atomic E-state index is -0.598. The van der Waals surface area contributed by atoms with Crippen molar-refractivity contribution in [2.75, 3.05) is 17.7 Å². The molecule has 1 aliphatic heterocycles. The van der Waals surface area contributed by atoms with E-state index in [-0.39, 0.29) is 23.9 Å². The molecule has 0 bridgehead atoms. The number of hydrogen-bond donors (Lipinski definition) is 1. The number of thioether (sulfide) groups is 1. The first-order valence-corrected chi connectivity index (χ1v) is 8.50. The first kappa shape index (κ1) is 17.2. The average Bonchev–Trinajstić information content (AvgIpc) is 2.98. The number of esters is 1. The lowest BCUT2D eigenvalue weighted by molar-refractivity contribution is -0.139. The molecule has 5 nitrogen and oxygen atoms in total. The zero-order valence-electron chi connectivity index (χ0n) is 13.1. The van der Waals surface area contributed by atoms with E-state index in [0.29, 0.717) is 16.1 Å². The van der Waals surface area contributed by atoms with Crippen LogP contribution in [0.1, 0.15) is 15.9 Å². The molecule has 0 spiro atoms. The Kier molecular flexibility index (Phi) is 5.14. The molecule has 128 valence electrons. The maximum absolute atomic E-state index is 13.5. The topological polar surface area (TPSA) is 72.5 Å². The number of ketones is 1. The predicted octanol–water partition coefficient (Wildman–Crippen LogP) is 2.84. The van der Waals surface area contributed by atoms with Crippen LogP contribution < -0.4 is 5.32 Å². The van der Waals surface area contributed by atoms with Gasteiger partial charge >= 0.3 is 5.97 Å². The fraction of sp³-hybridized carbons (Fsp3) is 0.167. The molecule has 2 aromatic carbocycles. The number of carbonyl (C=O) groups excluding carboxylic acids is 3. The molecule has 1 aliphatic rings. The number of nitrogens with one attached hydrogen (secondary N) is 1. The van der Waals surface area contributed by atoms with E-state index in [4.69, 9.17) is 4.74 Å². The van der Waals surface area contributed by atoms with Gasteiger partial charge in [-0.25, -0.2) is 4.39 Å². The van der Waals surface area contributed by atoms with Crippen LogP contribution in [0, 0.1) is 5.82 Å². The molecule has 0 unspecified atom stereocenters. The number of hydrogen-bond acceptors (Lipinski definition) is 5. The fourth-order valence-corrected chi connectivity index (χ4v) is 3.11. The number of anilines is 1. The predicted molar refractivity (Wildman–Crippen MR) is 91.2 cm³/mol. The van der Waals surface area contributed by atoms with Crippen molar-refractivity contribution in [1.82, 2.24) is 0 Å². The van der Waals surface area contributed by atoms with Crippen molar-refractivity contribution in [3.8, 4) is 0 Å². The molecular weight excluding hydrogens is 345 g/mol. The van der Waals surface area contributed by atoms with Crippen molar-refractivity contribution in [2.24, 2.45) is 0 Å². The van der Waals surface area contributed by atoms with Gasteiger partial charge in [-0.2, -0.15) is 0 Å². The summed E-state index contributed by atoms with van der Waals surface area (Å²) in [6.07, 6.45) is 0.232. The lowest BCUT2D eigenvalue weighted by Gasteiger charge is -2.06. The van der Waals surface area contributed by atoms with E-state index in [1.807, 2.05) is 0 Å². The highest BCUT2D eigenvalue weighted by Gasteiger charge is 2.19. The van der Waals surface area contributed by atoms with Gasteiger partial charge in [-0.15, -0.1) is 11.8 Å². The molecule has 0 aromatic heterocycles. The third kappa shape index (κ3) is 4.24. The Morgan fingerprint density at radius 2 is 2.00 bits per heavy atom. The summed E-state index contributed by atoms with van der Waals surface area (Å²) in [5.41, 5.74) is 1.82. The molecule has 0 saturated carbocycles. The highest BCUT2D eigenvalue weighted by Crippen LogP contribution is 2.24. The van der Waals surface area contributed by atoms with Crippen LogP contribution in [-0.2, 0) is 20.7 Å². The number of benzene rings is 2. The summed E-state index contributed by atoms with van der Waals surface area (Å²) in [4.78, 5) is 35.5. The third-order valence-electron chi connectivity index (χ3n) is 3.60. The summed E-state index contributed by atoms with van der Waals surface area (Å²) < 4.78 is 18.4. The molecular formula is C18H14FNO4S. The van der Waals surface area contributed by atoms with Crippen LogP contribution in [0.2, 0.25) is 0 Å². The van der Waals surface area contributed by atoms with E-state index < -0.39 is 18.4 Å². The minimum absolute atomic E-state index is 0.0865. The van der Waals surface area contributed by atoms with Gasteiger partial charge in [-0.3, -0.25) is 14.4 Å². The van der Waals surface area contributed by atoms with Gasteiger partial charge in [-0.1, -0.05) is 12.1 Å². The molecule has 0 radical (unpaired) electrons. The monoisotopic (exact) mass is 359 g/mol. The Balaban J connectivity index is 1.51.